The average Bonchev–Trinajstić information content (AvgIpc) is 2.92. The molecule has 3 unspecified atom stereocenters. The first kappa shape index (κ1) is 14.2. The Bertz CT molecular complexity index is 733. The molecule has 4 rings (SSSR count). The molecule has 22 heavy (non-hydrogen) atoms. The van der Waals surface area contributed by atoms with Crippen LogP contribution in [0.5, 0.6) is 0 Å². The molecule has 3 atom stereocenters. The summed E-state index contributed by atoms with van der Waals surface area (Å²) < 4.78 is 5.91. The fourth-order valence-corrected chi connectivity index (χ4v) is 4.68. The molecule has 2 aromatic rings. The Kier molecular flexibility index (Phi) is 3.10. The quantitative estimate of drug-likeness (QED) is 0.849. The number of fused-ring (bicyclic) bond motifs is 2. The maximum Gasteiger partial charge on any atom is 0.139 e. The van der Waals surface area contributed by atoms with Crippen LogP contribution in [0.3, 0.4) is 0 Å². The zero-order valence-corrected chi connectivity index (χ0v) is 13.8. The van der Waals surface area contributed by atoms with E-state index in [1.807, 2.05) is 18.2 Å². The van der Waals surface area contributed by atoms with Gasteiger partial charge in [0, 0.05) is 41.4 Å². The van der Waals surface area contributed by atoms with Gasteiger partial charge in [0.25, 0.3) is 0 Å². The zero-order chi connectivity index (χ0) is 15.5. The van der Waals surface area contributed by atoms with Crippen molar-refractivity contribution in [2.45, 2.75) is 32.4 Å². The first-order valence-corrected chi connectivity index (χ1v) is 8.12. The molecule has 0 bridgehead atoms. The molecule has 1 aliphatic carbocycles. The highest BCUT2D eigenvalue weighted by Gasteiger charge is 2.61. The maximum absolute atomic E-state index is 6.08. The molecule has 2 fully saturated rings. The molecule has 0 spiro atoms. The van der Waals surface area contributed by atoms with E-state index in [0.717, 1.165) is 29.7 Å². The van der Waals surface area contributed by atoms with Crippen molar-refractivity contribution < 1.29 is 4.74 Å². The molecule has 0 radical (unpaired) electrons. The van der Waals surface area contributed by atoms with Crippen LogP contribution in [0, 0.1) is 11.3 Å². The van der Waals surface area contributed by atoms with Crippen molar-refractivity contribution >= 4 is 28.3 Å². The second-order valence-corrected chi connectivity index (χ2v) is 7.42. The summed E-state index contributed by atoms with van der Waals surface area (Å²) >= 11 is 6.08. The number of hydrogen-bond acceptors (Lipinski definition) is 4. The predicted molar refractivity (Wildman–Crippen MR) is 88.4 cm³/mol. The summed E-state index contributed by atoms with van der Waals surface area (Å²) in [4.78, 5) is 11.2. The van der Waals surface area contributed by atoms with Gasteiger partial charge in [-0.2, -0.15) is 0 Å². The van der Waals surface area contributed by atoms with Gasteiger partial charge in [-0.3, -0.25) is 0 Å². The van der Waals surface area contributed by atoms with Gasteiger partial charge in [-0.1, -0.05) is 25.4 Å². The van der Waals surface area contributed by atoms with Crippen LogP contribution in [0.2, 0.25) is 5.02 Å². The fourth-order valence-electron chi connectivity index (χ4n) is 4.51. The van der Waals surface area contributed by atoms with Crippen molar-refractivity contribution in [1.82, 2.24) is 9.97 Å². The largest absolute Gasteiger partial charge is 0.377 e. The lowest BCUT2D eigenvalue weighted by Crippen LogP contribution is -2.66. The number of hydrogen-bond donors (Lipinski definition) is 0. The van der Waals surface area contributed by atoms with E-state index in [-0.39, 0.29) is 5.41 Å². The van der Waals surface area contributed by atoms with E-state index in [1.165, 1.54) is 0 Å². The number of nitrogens with zero attached hydrogens (tertiary/aromatic N) is 3. The minimum absolute atomic E-state index is 0.139. The molecule has 1 aromatic carbocycles. The molecule has 0 amide bonds. The SMILES string of the molecule is CN(c1ncnc2cc(Cl)ccc12)C1C2CCOC2C1(C)C. The minimum atomic E-state index is 0.139. The Morgan fingerprint density at radius 2 is 2.14 bits per heavy atom. The predicted octanol–water partition coefficient (Wildman–Crippen LogP) is 3.53. The molecule has 1 saturated heterocycles. The van der Waals surface area contributed by atoms with Crippen molar-refractivity contribution in [3.63, 3.8) is 0 Å². The molecule has 2 aliphatic rings. The molecule has 1 saturated carbocycles. The van der Waals surface area contributed by atoms with Gasteiger partial charge in [0.05, 0.1) is 11.6 Å². The number of anilines is 1. The first-order valence-electron chi connectivity index (χ1n) is 7.75. The Morgan fingerprint density at radius 3 is 2.95 bits per heavy atom. The van der Waals surface area contributed by atoms with Crippen LogP contribution in [-0.4, -0.2) is 35.8 Å². The maximum atomic E-state index is 6.08. The van der Waals surface area contributed by atoms with Gasteiger partial charge in [-0.25, -0.2) is 9.97 Å². The molecule has 1 aromatic heterocycles. The van der Waals surface area contributed by atoms with E-state index in [2.05, 4.69) is 35.8 Å². The molecular weight excluding hydrogens is 298 g/mol. The highest BCUT2D eigenvalue weighted by Crippen LogP contribution is 2.55. The van der Waals surface area contributed by atoms with Crippen LogP contribution in [0.15, 0.2) is 24.5 Å². The Balaban J connectivity index is 1.76. The second kappa shape index (κ2) is 4.80. The standard InChI is InChI=1S/C17H20ClN3O/c1-17(2)14(12-6-7-22-15(12)17)21(3)16-11-5-4-10(18)8-13(11)19-9-20-16/h4-5,8-9,12,14-15H,6-7H2,1-3H3. The van der Waals surface area contributed by atoms with Crippen LogP contribution in [0.4, 0.5) is 5.82 Å². The highest BCUT2D eigenvalue weighted by molar-refractivity contribution is 6.31. The monoisotopic (exact) mass is 317 g/mol. The van der Waals surface area contributed by atoms with Gasteiger partial charge in [0.2, 0.25) is 0 Å². The third-order valence-corrected chi connectivity index (χ3v) is 5.60. The van der Waals surface area contributed by atoms with Gasteiger partial charge >= 0.3 is 0 Å². The zero-order valence-electron chi connectivity index (χ0n) is 13.1. The summed E-state index contributed by atoms with van der Waals surface area (Å²) in [5.41, 5.74) is 1.03. The fraction of sp³-hybridized carbons (Fsp3) is 0.529. The third kappa shape index (κ3) is 1.87. The molecule has 4 nitrogen and oxygen atoms in total. The number of aromatic nitrogens is 2. The molecule has 2 heterocycles. The third-order valence-electron chi connectivity index (χ3n) is 5.37. The van der Waals surface area contributed by atoms with Crippen molar-refractivity contribution in [3.8, 4) is 0 Å². The van der Waals surface area contributed by atoms with Gasteiger partial charge in [0.1, 0.15) is 12.1 Å². The van der Waals surface area contributed by atoms with Crippen molar-refractivity contribution in [2.24, 2.45) is 11.3 Å². The summed E-state index contributed by atoms with van der Waals surface area (Å²) in [7, 11) is 2.14. The first-order chi connectivity index (χ1) is 10.5. The number of ether oxygens (including phenoxy) is 1. The minimum Gasteiger partial charge on any atom is -0.377 e. The van der Waals surface area contributed by atoms with Gasteiger partial charge < -0.3 is 9.64 Å². The molecule has 0 N–H and O–H groups in total. The molecule has 116 valence electrons. The lowest BCUT2D eigenvalue weighted by atomic mass is 9.57. The highest BCUT2D eigenvalue weighted by atomic mass is 35.5. The summed E-state index contributed by atoms with van der Waals surface area (Å²) in [6, 6.07) is 6.24. The smallest absolute Gasteiger partial charge is 0.139 e. The van der Waals surface area contributed by atoms with Crippen LogP contribution >= 0.6 is 11.6 Å². The van der Waals surface area contributed by atoms with E-state index in [9.17, 15) is 0 Å². The van der Waals surface area contributed by atoms with Gasteiger partial charge in [-0.15, -0.1) is 0 Å². The van der Waals surface area contributed by atoms with Crippen molar-refractivity contribution in [3.05, 3.63) is 29.5 Å². The topological polar surface area (TPSA) is 38.2 Å². The van der Waals surface area contributed by atoms with E-state index in [1.54, 1.807) is 6.33 Å². The number of rotatable bonds is 2. The van der Waals surface area contributed by atoms with Gasteiger partial charge in [-0.05, 0) is 24.6 Å². The Hall–Kier alpha value is -1.39. The van der Waals surface area contributed by atoms with Crippen molar-refractivity contribution in [2.75, 3.05) is 18.6 Å². The van der Waals surface area contributed by atoms with Crippen LogP contribution in [0.25, 0.3) is 10.9 Å². The Morgan fingerprint density at radius 1 is 1.32 bits per heavy atom. The van der Waals surface area contributed by atoms with Gasteiger partial charge in [0.15, 0.2) is 0 Å². The lowest BCUT2D eigenvalue weighted by molar-refractivity contribution is -0.101. The van der Waals surface area contributed by atoms with Crippen molar-refractivity contribution in [1.29, 1.82) is 0 Å². The van der Waals surface area contributed by atoms with Crippen LogP contribution in [0.1, 0.15) is 20.3 Å². The summed E-state index contributed by atoms with van der Waals surface area (Å²) in [5.74, 6) is 1.57. The normalized spacial score (nSPS) is 29.2. The van der Waals surface area contributed by atoms with E-state index < -0.39 is 0 Å². The summed E-state index contributed by atoms with van der Waals surface area (Å²) in [5, 5.41) is 1.75. The molecule has 5 heteroatoms. The summed E-state index contributed by atoms with van der Waals surface area (Å²) in [6.07, 6.45) is 3.14. The van der Waals surface area contributed by atoms with E-state index in [4.69, 9.17) is 16.3 Å². The van der Waals surface area contributed by atoms with E-state index in [0.29, 0.717) is 23.1 Å². The Labute approximate surface area is 135 Å². The lowest BCUT2D eigenvalue weighted by Gasteiger charge is -2.58. The average molecular weight is 318 g/mol. The number of halogens is 1. The van der Waals surface area contributed by atoms with Crippen LogP contribution in [-0.2, 0) is 4.74 Å². The number of benzene rings is 1. The molecule has 1 aliphatic heterocycles. The van der Waals surface area contributed by atoms with Crippen LogP contribution < -0.4 is 4.90 Å². The van der Waals surface area contributed by atoms with E-state index >= 15 is 0 Å². The molecular formula is C17H20ClN3O. The second-order valence-electron chi connectivity index (χ2n) is 6.98. The summed E-state index contributed by atoms with van der Waals surface area (Å²) in [6.45, 7) is 5.46.